The lowest BCUT2D eigenvalue weighted by Crippen LogP contribution is -2.02. The summed E-state index contributed by atoms with van der Waals surface area (Å²) in [5.41, 5.74) is 3.31. The fraction of sp³-hybridized carbons (Fsp3) is 0.591. The summed E-state index contributed by atoms with van der Waals surface area (Å²) in [5.74, 6) is 4.02. The Morgan fingerprint density at radius 3 is 2.44 bits per heavy atom. The Balaban J connectivity index is 2.20. The Hall–Kier alpha value is -1.62. The molecule has 0 saturated heterocycles. The Morgan fingerprint density at radius 2 is 1.78 bits per heavy atom. The van der Waals surface area contributed by atoms with E-state index in [1.165, 1.54) is 25.0 Å². The van der Waals surface area contributed by atoms with E-state index in [9.17, 15) is 0 Å². The number of hydrogen-bond acceptors (Lipinski definition) is 5. The van der Waals surface area contributed by atoms with E-state index in [0.29, 0.717) is 6.61 Å². The zero-order chi connectivity index (χ0) is 19.9. The lowest BCUT2D eigenvalue weighted by Gasteiger charge is -2.14. The van der Waals surface area contributed by atoms with Crippen LogP contribution in [0.25, 0.3) is 0 Å². The largest absolute Gasteiger partial charge is 0.493 e. The van der Waals surface area contributed by atoms with Crippen molar-refractivity contribution >= 4 is 17.5 Å². The van der Waals surface area contributed by atoms with E-state index >= 15 is 0 Å². The van der Waals surface area contributed by atoms with E-state index in [4.69, 9.17) is 14.3 Å². The molecule has 1 aromatic carbocycles. The van der Waals surface area contributed by atoms with Crippen molar-refractivity contribution in [2.45, 2.75) is 53.4 Å². The number of benzene rings is 1. The van der Waals surface area contributed by atoms with Gasteiger partial charge in [0, 0.05) is 5.75 Å². The number of aryl methyl sites for hydroxylation is 2. The predicted molar refractivity (Wildman–Crippen MR) is 118 cm³/mol. The van der Waals surface area contributed by atoms with E-state index in [1.54, 1.807) is 7.11 Å². The highest BCUT2D eigenvalue weighted by molar-refractivity contribution is 7.99. The summed E-state index contributed by atoms with van der Waals surface area (Å²) >= 11 is 1.92. The summed E-state index contributed by atoms with van der Waals surface area (Å²) in [6, 6.07) is 4.11. The zero-order valence-corrected chi connectivity index (χ0v) is 18.4. The van der Waals surface area contributed by atoms with E-state index < -0.39 is 0 Å². The van der Waals surface area contributed by atoms with Crippen LogP contribution >= 0.6 is 11.8 Å². The van der Waals surface area contributed by atoms with Crippen molar-refractivity contribution < 1.29 is 14.3 Å². The summed E-state index contributed by atoms with van der Waals surface area (Å²) in [7, 11) is 1.59. The second kappa shape index (κ2) is 14.4. The van der Waals surface area contributed by atoms with Crippen LogP contribution in [0.15, 0.2) is 29.4 Å². The monoisotopic (exact) mass is 393 g/mol. The standard InChI is InChI=1S/C22H35NO3S/c1-6-7-12-25-21-15-18(2)22(19(3)16-21)26-13-10-8-9-11-14-27-17-20(4)23-24-5/h6-7,15-16H,8-14,17H2,1-5H3/b7-6+,23-20+. The molecule has 152 valence electrons. The zero-order valence-electron chi connectivity index (χ0n) is 17.5. The van der Waals surface area contributed by atoms with Gasteiger partial charge in [0.05, 0.1) is 12.3 Å². The van der Waals surface area contributed by atoms with Gasteiger partial charge in [-0.15, -0.1) is 0 Å². The fourth-order valence-electron chi connectivity index (χ4n) is 2.70. The number of allylic oxidation sites excluding steroid dienone is 1. The van der Waals surface area contributed by atoms with Crippen LogP contribution < -0.4 is 9.47 Å². The lowest BCUT2D eigenvalue weighted by atomic mass is 10.1. The van der Waals surface area contributed by atoms with Crippen molar-refractivity contribution in [3.63, 3.8) is 0 Å². The third-order valence-electron chi connectivity index (χ3n) is 4.00. The lowest BCUT2D eigenvalue weighted by molar-refractivity contribution is 0.213. The highest BCUT2D eigenvalue weighted by Crippen LogP contribution is 2.28. The first-order valence-corrected chi connectivity index (χ1v) is 10.9. The van der Waals surface area contributed by atoms with Gasteiger partial charge in [0.1, 0.15) is 25.2 Å². The number of ether oxygens (including phenoxy) is 2. The molecule has 0 aliphatic carbocycles. The Kier molecular flexibility index (Phi) is 12.5. The molecule has 0 spiro atoms. The normalized spacial score (nSPS) is 11.8. The average molecular weight is 394 g/mol. The molecule has 0 aliphatic heterocycles. The number of hydrogen-bond donors (Lipinski definition) is 0. The number of rotatable bonds is 14. The van der Waals surface area contributed by atoms with Crippen molar-refractivity contribution in [2.75, 3.05) is 31.8 Å². The summed E-state index contributed by atoms with van der Waals surface area (Å²) in [6.45, 7) is 9.53. The Bertz CT molecular complexity index is 576. The molecule has 0 amide bonds. The van der Waals surface area contributed by atoms with Gasteiger partial charge in [-0.2, -0.15) is 11.8 Å². The number of oxime groups is 1. The SMILES string of the molecule is C/C=C/COc1cc(C)c(OCCCCCCSC/C(C)=N/OC)c(C)c1. The number of nitrogens with zero attached hydrogens (tertiary/aromatic N) is 1. The molecule has 1 rings (SSSR count). The molecule has 0 N–H and O–H groups in total. The molecule has 27 heavy (non-hydrogen) atoms. The summed E-state index contributed by atoms with van der Waals surface area (Å²) < 4.78 is 11.8. The molecule has 5 heteroatoms. The maximum absolute atomic E-state index is 6.03. The molecular weight excluding hydrogens is 358 g/mol. The molecule has 0 aliphatic rings. The third-order valence-corrected chi connectivity index (χ3v) is 5.20. The first kappa shape index (κ1) is 23.4. The molecule has 0 aromatic heterocycles. The highest BCUT2D eigenvalue weighted by Gasteiger charge is 2.07. The summed E-state index contributed by atoms with van der Waals surface area (Å²) in [4.78, 5) is 4.76. The minimum absolute atomic E-state index is 0.604. The maximum Gasteiger partial charge on any atom is 0.125 e. The molecule has 0 heterocycles. The smallest absolute Gasteiger partial charge is 0.125 e. The average Bonchev–Trinajstić information content (AvgIpc) is 2.62. The van der Waals surface area contributed by atoms with Crippen LogP contribution in [0.2, 0.25) is 0 Å². The van der Waals surface area contributed by atoms with Crippen molar-refractivity contribution in [3.8, 4) is 11.5 Å². The van der Waals surface area contributed by atoms with Crippen molar-refractivity contribution in [1.82, 2.24) is 0 Å². The van der Waals surface area contributed by atoms with Crippen LogP contribution in [0.4, 0.5) is 0 Å². The van der Waals surface area contributed by atoms with E-state index in [-0.39, 0.29) is 0 Å². The van der Waals surface area contributed by atoms with Crippen LogP contribution in [0.3, 0.4) is 0 Å². The Morgan fingerprint density at radius 1 is 1.07 bits per heavy atom. The highest BCUT2D eigenvalue weighted by atomic mass is 32.2. The maximum atomic E-state index is 6.03. The molecule has 1 aromatic rings. The number of thioether (sulfide) groups is 1. The molecule has 0 fully saturated rings. The van der Waals surface area contributed by atoms with Gasteiger partial charge in [0.25, 0.3) is 0 Å². The minimum Gasteiger partial charge on any atom is -0.493 e. The number of unbranched alkanes of at least 4 members (excludes halogenated alkanes) is 3. The molecule has 4 nitrogen and oxygen atoms in total. The quantitative estimate of drug-likeness (QED) is 0.169. The van der Waals surface area contributed by atoms with Crippen LogP contribution in [0.5, 0.6) is 11.5 Å². The second-order valence-corrected chi connectivity index (χ2v) is 7.70. The van der Waals surface area contributed by atoms with Crippen molar-refractivity contribution in [1.29, 1.82) is 0 Å². The van der Waals surface area contributed by atoms with Gasteiger partial charge in [-0.05, 0) is 69.5 Å². The molecule has 0 saturated carbocycles. The third kappa shape index (κ3) is 10.3. The van der Waals surface area contributed by atoms with E-state index in [0.717, 1.165) is 47.1 Å². The molecule has 0 bridgehead atoms. The van der Waals surface area contributed by atoms with E-state index in [1.807, 2.05) is 37.8 Å². The van der Waals surface area contributed by atoms with E-state index in [2.05, 4.69) is 31.1 Å². The van der Waals surface area contributed by atoms with Gasteiger partial charge >= 0.3 is 0 Å². The van der Waals surface area contributed by atoms with Gasteiger partial charge in [0.2, 0.25) is 0 Å². The first-order chi connectivity index (χ1) is 13.1. The van der Waals surface area contributed by atoms with Crippen LogP contribution in [-0.4, -0.2) is 37.5 Å². The van der Waals surface area contributed by atoms with Gasteiger partial charge in [-0.3, -0.25) is 0 Å². The van der Waals surface area contributed by atoms with Crippen LogP contribution in [-0.2, 0) is 4.84 Å². The summed E-state index contributed by atoms with van der Waals surface area (Å²) in [5, 5.41) is 3.92. The predicted octanol–water partition coefficient (Wildman–Crippen LogP) is 5.95. The van der Waals surface area contributed by atoms with Crippen LogP contribution in [0.1, 0.15) is 50.7 Å². The minimum atomic E-state index is 0.604. The van der Waals surface area contributed by atoms with Crippen molar-refractivity contribution in [2.24, 2.45) is 5.16 Å². The molecule has 0 radical (unpaired) electrons. The van der Waals surface area contributed by atoms with Gasteiger partial charge in [-0.1, -0.05) is 30.1 Å². The second-order valence-electron chi connectivity index (χ2n) is 6.59. The molecular formula is C22H35NO3S. The fourth-order valence-corrected chi connectivity index (χ4v) is 3.60. The van der Waals surface area contributed by atoms with Crippen molar-refractivity contribution in [3.05, 3.63) is 35.4 Å². The Labute approximate surface area is 169 Å². The van der Waals surface area contributed by atoms with Gasteiger partial charge < -0.3 is 14.3 Å². The van der Waals surface area contributed by atoms with Crippen LogP contribution in [0, 0.1) is 13.8 Å². The topological polar surface area (TPSA) is 40.0 Å². The molecule has 0 atom stereocenters. The van der Waals surface area contributed by atoms with Gasteiger partial charge in [-0.25, -0.2) is 0 Å². The molecule has 0 unspecified atom stereocenters. The van der Waals surface area contributed by atoms with Gasteiger partial charge in [0.15, 0.2) is 0 Å². The summed E-state index contributed by atoms with van der Waals surface area (Å²) in [6.07, 6.45) is 8.77. The first-order valence-electron chi connectivity index (χ1n) is 9.70.